The summed E-state index contributed by atoms with van der Waals surface area (Å²) in [5.74, 6) is 1.06. The van der Waals surface area contributed by atoms with E-state index in [0.717, 1.165) is 18.8 Å². The van der Waals surface area contributed by atoms with Gasteiger partial charge in [-0.05, 0) is 29.5 Å². The molecule has 84 valence electrons. The van der Waals surface area contributed by atoms with Crippen LogP contribution in [0.1, 0.15) is 17.4 Å². The molecule has 2 heterocycles. The van der Waals surface area contributed by atoms with Crippen LogP contribution in [0.5, 0.6) is 0 Å². The van der Waals surface area contributed by atoms with Crippen molar-refractivity contribution >= 4 is 23.1 Å². The van der Waals surface area contributed by atoms with Gasteiger partial charge in [0.05, 0.1) is 6.54 Å². The first kappa shape index (κ1) is 10.9. The fourth-order valence-corrected chi connectivity index (χ4v) is 2.40. The highest BCUT2D eigenvalue weighted by Crippen LogP contribution is 2.18. The van der Waals surface area contributed by atoms with Crippen molar-refractivity contribution in [2.75, 3.05) is 11.1 Å². The summed E-state index contributed by atoms with van der Waals surface area (Å²) < 4.78 is 0. The minimum Gasteiger partial charge on any atom is -0.368 e. The highest BCUT2D eigenvalue weighted by Gasteiger charge is 2.02. The van der Waals surface area contributed by atoms with Gasteiger partial charge in [-0.1, -0.05) is 6.92 Å². The van der Waals surface area contributed by atoms with Gasteiger partial charge < -0.3 is 11.1 Å². The third-order valence-electron chi connectivity index (χ3n) is 2.32. The summed E-state index contributed by atoms with van der Waals surface area (Å²) in [4.78, 5) is 9.28. The lowest BCUT2D eigenvalue weighted by atomic mass is 10.2. The van der Waals surface area contributed by atoms with Crippen LogP contribution in [0.4, 0.5) is 11.8 Å². The molecule has 16 heavy (non-hydrogen) atoms. The van der Waals surface area contributed by atoms with E-state index in [4.69, 9.17) is 5.73 Å². The monoisotopic (exact) mass is 234 g/mol. The zero-order valence-corrected chi connectivity index (χ0v) is 9.92. The lowest BCUT2D eigenvalue weighted by Crippen LogP contribution is -2.03. The molecule has 0 radical (unpaired) electrons. The average Bonchev–Trinajstić information content (AvgIpc) is 2.74. The van der Waals surface area contributed by atoms with Crippen LogP contribution in [0.25, 0.3) is 0 Å². The molecule has 3 N–H and O–H groups in total. The van der Waals surface area contributed by atoms with Crippen LogP contribution in [-0.2, 0) is 13.0 Å². The summed E-state index contributed by atoms with van der Waals surface area (Å²) in [7, 11) is 0. The van der Waals surface area contributed by atoms with Gasteiger partial charge in [-0.3, -0.25) is 0 Å². The average molecular weight is 234 g/mol. The van der Waals surface area contributed by atoms with E-state index in [1.165, 1.54) is 10.4 Å². The van der Waals surface area contributed by atoms with Gasteiger partial charge in [-0.25, -0.2) is 4.98 Å². The van der Waals surface area contributed by atoms with Crippen molar-refractivity contribution in [2.24, 2.45) is 0 Å². The minimum absolute atomic E-state index is 0.298. The molecule has 0 saturated carbocycles. The summed E-state index contributed by atoms with van der Waals surface area (Å²) in [6.45, 7) is 2.95. The summed E-state index contributed by atoms with van der Waals surface area (Å²) in [6, 6.07) is 3.98. The van der Waals surface area contributed by atoms with Gasteiger partial charge >= 0.3 is 0 Å². The Labute approximate surface area is 98.6 Å². The number of nitrogen functional groups attached to an aromatic ring is 1. The normalized spacial score (nSPS) is 10.3. The molecule has 0 aliphatic rings. The fraction of sp³-hybridized carbons (Fsp3) is 0.273. The molecular weight excluding hydrogens is 220 g/mol. The number of thiophene rings is 1. The molecule has 0 aliphatic heterocycles. The Morgan fingerprint density at radius 2 is 2.31 bits per heavy atom. The molecule has 0 atom stereocenters. The van der Waals surface area contributed by atoms with Gasteiger partial charge in [0.15, 0.2) is 0 Å². The van der Waals surface area contributed by atoms with Crippen molar-refractivity contribution in [3.63, 3.8) is 0 Å². The Hall–Kier alpha value is -1.62. The summed E-state index contributed by atoms with van der Waals surface area (Å²) in [5, 5.41) is 5.36. The molecule has 0 fully saturated rings. The Morgan fingerprint density at radius 1 is 1.44 bits per heavy atom. The van der Waals surface area contributed by atoms with Crippen molar-refractivity contribution in [3.05, 3.63) is 34.2 Å². The molecule has 0 amide bonds. The third kappa shape index (κ3) is 2.49. The van der Waals surface area contributed by atoms with E-state index in [1.54, 1.807) is 17.5 Å². The lowest BCUT2D eigenvalue weighted by molar-refractivity contribution is 1.06. The number of nitrogens with one attached hydrogen (secondary N) is 1. The van der Waals surface area contributed by atoms with Gasteiger partial charge in [0.2, 0.25) is 5.95 Å². The van der Waals surface area contributed by atoms with E-state index in [2.05, 4.69) is 33.7 Å². The predicted molar refractivity (Wildman–Crippen MR) is 67.5 cm³/mol. The van der Waals surface area contributed by atoms with Crippen molar-refractivity contribution < 1.29 is 0 Å². The number of hydrogen-bond acceptors (Lipinski definition) is 5. The molecule has 4 nitrogen and oxygen atoms in total. The molecule has 0 unspecified atom stereocenters. The van der Waals surface area contributed by atoms with Crippen LogP contribution in [0.15, 0.2) is 23.7 Å². The van der Waals surface area contributed by atoms with Crippen LogP contribution in [0.3, 0.4) is 0 Å². The van der Waals surface area contributed by atoms with Crippen LogP contribution < -0.4 is 11.1 Å². The topological polar surface area (TPSA) is 63.8 Å². The SMILES string of the molecule is CCc1ccsc1CNc1ccnc(N)n1. The molecular formula is C11H14N4S. The van der Waals surface area contributed by atoms with Crippen LogP contribution in [0, 0.1) is 0 Å². The second kappa shape index (κ2) is 4.94. The van der Waals surface area contributed by atoms with Gasteiger partial charge in [0.1, 0.15) is 5.82 Å². The molecule has 0 bridgehead atoms. The molecule has 0 spiro atoms. The second-order valence-electron chi connectivity index (χ2n) is 3.38. The first-order valence-corrected chi connectivity index (χ1v) is 6.05. The zero-order valence-electron chi connectivity index (χ0n) is 9.10. The van der Waals surface area contributed by atoms with E-state index in [1.807, 2.05) is 6.07 Å². The molecule has 2 aromatic rings. The maximum Gasteiger partial charge on any atom is 0.221 e. The quantitative estimate of drug-likeness (QED) is 0.852. The van der Waals surface area contributed by atoms with Gasteiger partial charge in [-0.15, -0.1) is 11.3 Å². The molecule has 0 aliphatic carbocycles. The predicted octanol–water partition coefficient (Wildman–Crippen LogP) is 2.29. The van der Waals surface area contributed by atoms with Crippen molar-refractivity contribution in [1.82, 2.24) is 9.97 Å². The largest absolute Gasteiger partial charge is 0.368 e. The van der Waals surface area contributed by atoms with Crippen molar-refractivity contribution in [2.45, 2.75) is 19.9 Å². The second-order valence-corrected chi connectivity index (χ2v) is 4.38. The number of nitrogens with zero attached hydrogens (tertiary/aromatic N) is 2. The highest BCUT2D eigenvalue weighted by atomic mass is 32.1. The van der Waals surface area contributed by atoms with E-state index in [0.29, 0.717) is 5.95 Å². The minimum atomic E-state index is 0.298. The number of aromatic nitrogens is 2. The zero-order chi connectivity index (χ0) is 11.4. The van der Waals surface area contributed by atoms with Crippen LogP contribution in [-0.4, -0.2) is 9.97 Å². The number of nitrogens with two attached hydrogens (primary N) is 1. The number of anilines is 2. The van der Waals surface area contributed by atoms with E-state index >= 15 is 0 Å². The summed E-state index contributed by atoms with van der Waals surface area (Å²) in [6.07, 6.45) is 2.71. The molecule has 0 saturated heterocycles. The maximum absolute atomic E-state index is 5.50. The standard InChI is InChI=1S/C11H14N4S/c1-2-8-4-6-16-9(8)7-14-10-3-5-13-11(12)15-10/h3-6H,2,7H2,1H3,(H3,12,13,14,15). The highest BCUT2D eigenvalue weighted by molar-refractivity contribution is 7.10. The van der Waals surface area contributed by atoms with Crippen molar-refractivity contribution in [1.29, 1.82) is 0 Å². The Morgan fingerprint density at radius 3 is 3.06 bits per heavy atom. The van der Waals surface area contributed by atoms with Gasteiger partial charge in [0, 0.05) is 11.1 Å². The maximum atomic E-state index is 5.50. The third-order valence-corrected chi connectivity index (χ3v) is 3.29. The number of aryl methyl sites for hydroxylation is 1. The Balaban J connectivity index is 2.02. The van der Waals surface area contributed by atoms with E-state index < -0.39 is 0 Å². The summed E-state index contributed by atoms with van der Waals surface area (Å²) >= 11 is 1.76. The first-order valence-electron chi connectivity index (χ1n) is 5.17. The van der Waals surface area contributed by atoms with E-state index in [-0.39, 0.29) is 0 Å². The fourth-order valence-electron chi connectivity index (χ4n) is 1.48. The van der Waals surface area contributed by atoms with Gasteiger partial charge in [0.25, 0.3) is 0 Å². The smallest absolute Gasteiger partial charge is 0.221 e. The van der Waals surface area contributed by atoms with Gasteiger partial charge in [-0.2, -0.15) is 4.98 Å². The van der Waals surface area contributed by atoms with E-state index in [9.17, 15) is 0 Å². The van der Waals surface area contributed by atoms with Crippen molar-refractivity contribution in [3.8, 4) is 0 Å². The Bertz CT molecular complexity index is 467. The molecule has 2 aromatic heterocycles. The summed E-state index contributed by atoms with van der Waals surface area (Å²) in [5.41, 5.74) is 6.89. The van der Waals surface area contributed by atoms with Crippen LogP contribution >= 0.6 is 11.3 Å². The number of hydrogen-bond donors (Lipinski definition) is 2. The Kier molecular flexibility index (Phi) is 3.36. The lowest BCUT2D eigenvalue weighted by Gasteiger charge is -2.05. The first-order chi connectivity index (χ1) is 7.79. The molecule has 0 aromatic carbocycles. The van der Waals surface area contributed by atoms with Crippen LogP contribution in [0.2, 0.25) is 0 Å². The molecule has 2 rings (SSSR count). The number of rotatable bonds is 4. The molecule has 5 heteroatoms.